The average Bonchev–Trinajstić information content (AvgIpc) is 3.22. The van der Waals surface area contributed by atoms with E-state index in [0.29, 0.717) is 29.6 Å². The molecule has 178 valence electrons. The molecule has 0 saturated carbocycles. The predicted molar refractivity (Wildman–Crippen MR) is 125 cm³/mol. The Morgan fingerprint density at radius 1 is 1.26 bits per heavy atom. The van der Waals surface area contributed by atoms with Crippen LogP contribution in [-0.4, -0.2) is 55.1 Å². The lowest BCUT2D eigenvalue weighted by Crippen LogP contribution is -2.31. The summed E-state index contributed by atoms with van der Waals surface area (Å²) < 4.78 is 20.6. The Labute approximate surface area is 196 Å². The Bertz CT molecular complexity index is 1210. The lowest BCUT2D eigenvalue weighted by Gasteiger charge is -2.24. The first-order valence-electron chi connectivity index (χ1n) is 11.0. The number of esters is 1. The molecule has 1 aromatic carbocycles. The maximum absolute atomic E-state index is 13.7. The number of ether oxygens (including phenoxy) is 1. The molecule has 9 nitrogen and oxygen atoms in total. The fourth-order valence-electron chi connectivity index (χ4n) is 3.87. The van der Waals surface area contributed by atoms with Gasteiger partial charge in [-0.05, 0) is 36.3 Å². The molecule has 0 aliphatic carbocycles. The Balaban J connectivity index is 1.84. The van der Waals surface area contributed by atoms with Gasteiger partial charge in [-0.15, -0.1) is 0 Å². The monoisotopic (exact) mass is 466 g/mol. The quantitative estimate of drug-likeness (QED) is 0.551. The van der Waals surface area contributed by atoms with Crippen LogP contribution in [0.5, 0.6) is 0 Å². The Kier molecular flexibility index (Phi) is 6.69. The van der Waals surface area contributed by atoms with E-state index in [-0.39, 0.29) is 18.2 Å². The molecule has 0 bridgehead atoms. The minimum atomic E-state index is -0.740. The average molecular weight is 467 g/mol. The molecule has 2 atom stereocenters. The number of halogens is 1. The van der Waals surface area contributed by atoms with Gasteiger partial charge < -0.3 is 9.84 Å². The van der Waals surface area contributed by atoms with Crippen LogP contribution in [0.3, 0.4) is 0 Å². The van der Waals surface area contributed by atoms with Gasteiger partial charge in [-0.3, -0.25) is 9.69 Å². The van der Waals surface area contributed by atoms with Crippen LogP contribution in [0.2, 0.25) is 0 Å². The number of aliphatic hydroxyl groups excluding tert-OH is 1. The molecule has 1 N–H and O–H groups in total. The highest BCUT2D eigenvalue weighted by atomic mass is 19.1. The number of hydrogen-bond donors (Lipinski definition) is 1. The number of rotatable bonds is 6. The van der Waals surface area contributed by atoms with Crippen molar-refractivity contribution in [1.82, 2.24) is 24.7 Å². The zero-order valence-electron chi connectivity index (χ0n) is 19.5. The SMILES string of the molecule is CC(C)c1nc(N(C)c2ncnn2C)nc(-c2ccc(F)cc2)c1C=C[C@@H]1C[C@H](O)CC(=O)O1. The van der Waals surface area contributed by atoms with Crippen LogP contribution >= 0.6 is 0 Å². The van der Waals surface area contributed by atoms with Crippen molar-refractivity contribution in [3.05, 3.63) is 53.7 Å². The summed E-state index contributed by atoms with van der Waals surface area (Å²) in [6.45, 7) is 4.04. The van der Waals surface area contributed by atoms with Crippen molar-refractivity contribution in [2.45, 2.75) is 44.8 Å². The molecular formula is C24H27FN6O3. The molecule has 0 radical (unpaired) electrons. The highest BCUT2D eigenvalue weighted by Crippen LogP contribution is 2.32. The van der Waals surface area contributed by atoms with E-state index in [4.69, 9.17) is 14.7 Å². The third kappa shape index (κ3) is 4.96. The number of carbonyl (C=O) groups is 1. The van der Waals surface area contributed by atoms with Crippen molar-refractivity contribution in [2.24, 2.45) is 7.05 Å². The molecule has 1 fully saturated rings. The van der Waals surface area contributed by atoms with E-state index in [1.807, 2.05) is 19.9 Å². The zero-order chi connectivity index (χ0) is 24.4. The Hall–Kier alpha value is -3.66. The first kappa shape index (κ1) is 23.5. The molecule has 0 unspecified atom stereocenters. The summed E-state index contributed by atoms with van der Waals surface area (Å²) in [5.74, 6) is 0.210. The summed E-state index contributed by atoms with van der Waals surface area (Å²) >= 11 is 0. The molecule has 2 aromatic heterocycles. The molecule has 1 aliphatic heterocycles. The fourth-order valence-corrected chi connectivity index (χ4v) is 3.87. The minimum absolute atomic E-state index is 0.00535. The summed E-state index contributed by atoms with van der Waals surface area (Å²) in [7, 11) is 3.58. The zero-order valence-corrected chi connectivity index (χ0v) is 19.5. The molecule has 4 rings (SSSR count). The summed E-state index contributed by atoms with van der Waals surface area (Å²) in [6, 6.07) is 6.09. The second-order valence-corrected chi connectivity index (χ2v) is 8.56. The molecular weight excluding hydrogens is 439 g/mol. The molecule has 1 saturated heterocycles. The first-order valence-corrected chi connectivity index (χ1v) is 11.0. The largest absolute Gasteiger partial charge is 0.458 e. The highest BCUT2D eigenvalue weighted by molar-refractivity contribution is 5.76. The number of carbonyl (C=O) groups excluding carboxylic acids is 1. The van der Waals surface area contributed by atoms with Gasteiger partial charge in [0.15, 0.2) is 0 Å². The van der Waals surface area contributed by atoms with Gasteiger partial charge in [0.25, 0.3) is 0 Å². The van der Waals surface area contributed by atoms with Gasteiger partial charge in [-0.25, -0.2) is 19.0 Å². The fraction of sp³-hybridized carbons (Fsp3) is 0.375. The molecule has 3 heterocycles. The lowest BCUT2D eigenvalue weighted by molar-refractivity contribution is -0.156. The molecule has 1 aliphatic rings. The molecule has 0 amide bonds. The van der Waals surface area contributed by atoms with Crippen molar-refractivity contribution in [3.8, 4) is 11.3 Å². The maximum atomic E-state index is 13.7. The van der Waals surface area contributed by atoms with Crippen LogP contribution in [0.15, 0.2) is 36.7 Å². The number of aromatic nitrogens is 5. The van der Waals surface area contributed by atoms with E-state index in [0.717, 1.165) is 11.3 Å². The topological polar surface area (TPSA) is 106 Å². The van der Waals surface area contributed by atoms with E-state index < -0.39 is 18.2 Å². The predicted octanol–water partition coefficient (Wildman–Crippen LogP) is 3.38. The smallest absolute Gasteiger partial charge is 0.309 e. The van der Waals surface area contributed by atoms with Gasteiger partial charge in [0.2, 0.25) is 11.9 Å². The van der Waals surface area contributed by atoms with Crippen molar-refractivity contribution < 1.29 is 19.0 Å². The van der Waals surface area contributed by atoms with E-state index in [1.54, 1.807) is 41.9 Å². The van der Waals surface area contributed by atoms with Gasteiger partial charge in [0.05, 0.1) is 23.9 Å². The summed E-state index contributed by atoms with van der Waals surface area (Å²) in [4.78, 5) is 27.4. The number of benzene rings is 1. The number of hydrogen-bond acceptors (Lipinski definition) is 8. The number of anilines is 2. The van der Waals surface area contributed by atoms with E-state index >= 15 is 0 Å². The molecule has 0 spiro atoms. The Morgan fingerprint density at radius 2 is 2.00 bits per heavy atom. The van der Waals surface area contributed by atoms with Gasteiger partial charge >= 0.3 is 5.97 Å². The van der Waals surface area contributed by atoms with Gasteiger partial charge in [-0.1, -0.05) is 19.9 Å². The normalized spacial score (nSPS) is 18.5. The summed E-state index contributed by atoms with van der Waals surface area (Å²) in [5, 5.41) is 14.1. The number of aryl methyl sites for hydroxylation is 1. The third-order valence-electron chi connectivity index (χ3n) is 5.58. The van der Waals surface area contributed by atoms with Crippen LogP contribution in [0.1, 0.15) is 43.9 Å². The van der Waals surface area contributed by atoms with Gasteiger partial charge in [0.1, 0.15) is 18.2 Å². The van der Waals surface area contributed by atoms with Crippen LogP contribution in [0.4, 0.5) is 16.3 Å². The third-order valence-corrected chi connectivity index (χ3v) is 5.58. The molecule has 10 heteroatoms. The Morgan fingerprint density at radius 3 is 2.62 bits per heavy atom. The van der Waals surface area contributed by atoms with E-state index in [9.17, 15) is 14.3 Å². The van der Waals surface area contributed by atoms with Crippen molar-refractivity contribution in [3.63, 3.8) is 0 Å². The summed E-state index contributed by atoms with van der Waals surface area (Å²) in [6.07, 6.45) is 4.02. The van der Waals surface area contributed by atoms with Crippen LogP contribution in [0, 0.1) is 5.82 Å². The summed E-state index contributed by atoms with van der Waals surface area (Å²) in [5.41, 5.74) is 2.80. The molecule has 34 heavy (non-hydrogen) atoms. The van der Waals surface area contributed by atoms with Crippen molar-refractivity contribution in [2.75, 3.05) is 11.9 Å². The van der Waals surface area contributed by atoms with Crippen LogP contribution in [0.25, 0.3) is 17.3 Å². The first-order chi connectivity index (χ1) is 16.2. The lowest BCUT2D eigenvalue weighted by atomic mass is 9.97. The van der Waals surface area contributed by atoms with E-state index in [2.05, 4.69) is 10.1 Å². The van der Waals surface area contributed by atoms with Gasteiger partial charge in [-0.2, -0.15) is 10.1 Å². The number of aliphatic hydroxyl groups is 1. The second kappa shape index (κ2) is 9.68. The minimum Gasteiger partial charge on any atom is -0.458 e. The number of cyclic esters (lactones) is 1. The van der Waals surface area contributed by atoms with E-state index in [1.165, 1.54) is 18.5 Å². The highest BCUT2D eigenvalue weighted by Gasteiger charge is 2.26. The standard InChI is InChI=1S/C24H27FN6O3/c1-14(2)21-19(10-9-18-11-17(32)12-20(33)34-18)22(15-5-7-16(25)8-6-15)29-23(28-21)30(3)24-26-13-27-31(24)4/h5-10,13-14,17-18,32H,11-12H2,1-4H3/t17-,18+/m0/s1. The van der Waals surface area contributed by atoms with Crippen molar-refractivity contribution >= 4 is 23.9 Å². The van der Waals surface area contributed by atoms with Gasteiger partial charge in [0, 0.05) is 31.6 Å². The van der Waals surface area contributed by atoms with Crippen LogP contribution < -0.4 is 4.90 Å². The van der Waals surface area contributed by atoms with Crippen LogP contribution in [-0.2, 0) is 16.6 Å². The number of nitrogens with zero attached hydrogens (tertiary/aromatic N) is 6. The van der Waals surface area contributed by atoms with Crippen molar-refractivity contribution in [1.29, 1.82) is 0 Å². The molecule has 3 aromatic rings. The second-order valence-electron chi connectivity index (χ2n) is 8.56. The maximum Gasteiger partial charge on any atom is 0.309 e.